The van der Waals surface area contributed by atoms with Crippen LogP contribution in [0.4, 0.5) is 22.7 Å². The lowest BCUT2D eigenvalue weighted by Crippen LogP contribution is -2.10. The molecular formula is C37H28N2. The van der Waals surface area contributed by atoms with Crippen molar-refractivity contribution in [1.82, 2.24) is 0 Å². The van der Waals surface area contributed by atoms with E-state index in [1.165, 1.54) is 49.1 Å². The van der Waals surface area contributed by atoms with Crippen LogP contribution in [0, 0.1) is 0 Å². The fraction of sp³-hybridized carbons (Fsp3) is 0.0270. The van der Waals surface area contributed by atoms with E-state index in [1.54, 1.807) is 0 Å². The van der Waals surface area contributed by atoms with Crippen molar-refractivity contribution in [1.29, 1.82) is 0 Å². The second-order valence-corrected chi connectivity index (χ2v) is 10.0. The molecule has 0 aliphatic carbocycles. The molecule has 0 unspecified atom stereocenters. The lowest BCUT2D eigenvalue weighted by Gasteiger charge is -2.24. The molecule has 2 nitrogen and oxygen atoms in total. The molecule has 0 aromatic heterocycles. The Hall–Kier alpha value is -5.08. The molecule has 7 aromatic rings. The Morgan fingerprint density at radius 3 is 1.59 bits per heavy atom. The van der Waals surface area contributed by atoms with Crippen LogP contribution < -0.4 is 10.2 Å². The zero-order valence-corrected chi connectivity index (χ0v) is 21.8. The smallest absolute Gasteiger partial charge is 0.0567 e. The molecule has 2 heteroatoms. The molecule has 0 atom stereocenters. The maximum atomic E-state index is 3.54. The molecule has 186 valence electrons. The monoisotopic (exact) mass is 500 g/mol. The summed E-state index contributed by atoms with van der Waals surface area (Å²) in [6.07, 6.45) is 0. The first kappa shape index (κ1) is 23.1. The molecule has 0 bridgehead atoms. The van der Waals surface area contributed by atoms with Crippen molar-refractivity contribution in [2.45, 2.75) is 0 Å². The van der Waals surface area contributed by atoms with E-state index in [0.29, 0.717) is 0 Å². The first-order chi connectivity index (χ1) is 19.2. The van der Waals surface area contributed by atoms with E-state index in [0.717, 1.165) is 17.1 Å². The van der Waals surface area contributed by atoms with Crippen molar-refractivity contribution >= 4 is 55.1 Å². The average molecular weight is 501 g/mol. The van der Waals surface area contributed by atoms with Gasteiger partial charge in [-0.3, -0.25) is 0 Å². The number of benzene rings is 7. The Bertz CT molecular complexity index is 1880. The van der Waals surface area contributed by atoms with Crippen LogP contribution in [-0.2, 0) is 0 Å². The van der Waals surface area contributed by atoms with Crippen molar-refractivity contribution in [3.05, 3.63) is 146 Å². The Balaban J connectivity index is 1.15. The summed E-state index contributed by atoms with van der Waals surface area (Å²) < 4.78 is 0. The van der Waals surface area contributed by atoms with Crippen LogP contribution in [0.5, 0.6) is 0 Å². The van der Waals surface area contributed by atoms with Crippen LogP contribution in [0.2, 0.25) is 0 Å². The number of hydrogen-bond donors (Lipinski definition) is 1. The summed E-state index contributed by atoms with van der Waals surface area (Å²) in [7, 11) is 2.16. The summed E-state index contributed by atoms with van der Waals surface area (Å²) in [5, 5.41) is 11.1. The van der Waals surface area contributed by atoms with Gasteiger partial charge in [0, 0.05) is 34.9 Å². The first-order valence-electron chi connectivity index (χ1n) is 13.3. The summed E-state index contributed by atoms with van der Waals surface area (Å²) in [4.78, 5) is 2.31. The van der Waals surface area contributed by atoms with Gasteiger partial charge in [-0.1, -0.05) is 103 Å². The van der Waals surface area contributed by atoms with Crippen molar-refractivity contribution < 1.29 is 0 Å². The topological polar surface area (TPSA) is 15.3 Å². The van der Waals surface area contributed by atoms with Crippen LogP contribution in [0.1, 0.15) is 0 Å². The third kappa shape index (κ3) is 4.36. The summed E-state index contributed by atoms with van der Waals surface area (Å²) in [5.41, 5.74) is 6.97. The predicted molar refractivity (Wildman–Crippen MR) is 169 cm³/mol. The van der Waals surface area contributed by atoms with Gasteiger partial charge in [-0.25, -0.2) is 0 Å². The van der Waals surface area contributed by atoms with Gasteiger partial charge < -0.3 is 10.2 Å². The molecule has 0 aliphatic rings. The Morgan fingerprint density at radius 2 is 0.949 bits per heavy atom. The van der Waals surface area contributed by atoms with E-state index >= 15 is 0 Å². The van der Waals surface area contributed by atoms with Crippen molar-refractivity contribution in [3.8, 4) is 11.1 Å². The summed E-state index contributed by atoms with van der Waals surface area (Å²) in [5.74, 6) is 0. The van der Waals surface area contributed by atoms with Gasteiger partial charge in [0.2, 0.25) is 0 Å². The molecule has 0 heterocycles. The molecule has 0 aliphatic heterocycles. The number of rotatable bonds is 5. The lowest BCUT2D eigenvalue weighted by molar-refractivity contribution is 1.23. The van der Waals surface area contributed by atoms with E-state index in [9.17, 15) is 0 Å². The minimum atomic E-state index is 1.08. The Morgan fingerprint density at radius 1 is 0.436 bits per heavy atom. The summed E-state index contributed by atoms with van der Waals surface area (Å²) in [6, 6.07) is 52.0. The van der Waals surface area contributed by atoms with Crippen LogP contribution >= 0.6 is 0 Å². The van der Waals surface area contributed by atoms with Crippen molar-refractivity contribution in [2.24, 2.45) is 0 Å². The SMILES string of the molecule is CN(c1ccc(-c2ccc(Nc3ccc4ccccc4c3)cc2)cc1)c1c2ccccc2cc2ccccc12. The average Bonchev–Trinajstić information content (AvgIpc) is 3.00. The molecule has 0 saturated carbocycles. The zero-order chi connectivity index (χ0) is 26.2. The molecule has 0 saturated heterocycles. The van der Waals surface area contributed by atoms with E-state index in [4.69, 9.17) is 0 Å². The van der Waals surface area contributed by atoms with Gasteiger partial charge >= 0.3 is 0 Å². The highest BCUT2D eigenvalue weighted by Crippen LogP contribution is 2.38. The van der Waals surface area contributed by atoms with Crippen LogP contribution in [0.3, 0.4) is 0 Å². The molecule has 7 rings (SSSR count). The molecule has 7 aromatic carbocycles. The van der Waals surface area contributed by atoms with E-state index < -0.39 is 0 Å². The summed E-state index contributed by atoms with van der Waals surface area (Å²) >= 11 is 0. The van der Waals surface area contributed by atoms with Gasteiger partial charge in [0.05, 0.1) is 5.69 Å². The van der Waals surface area contributed by atoms with E-state index in [1.807, 2.05) is 0 Å². The third-order valence-corrected chi connectivity index (χ3v) is 7.59. The fourth-order valence-corrected chi connectivity index (χ4v) is 5.54. The molecule has 0 amide bonds. The van der Waals surface area contributed by atoms with Gasteiger partial charge in [-0.15, -0.1) is 0 Å². The quantitative estimate of drug-likeness (QED) is 0.236. The lowest BCUT2D eigenvalue weighted by atomic mass is 9.99. The van der Waals surface area contributed by atoms with Gasteiger partial charge in [0.25, 0.3) is 0 Å². The first-order valence-corrected chi connectivity index (χ1v) is 13.3. The summed E-state index contributed by atoms with van der Waals surface area (Å²) in [6.45, 7) is 0. The van der Waals surface area contributed by atoms with Crippen LogP contribution in [0.25, 0.3) is 43.4 Å². The maximum absolute atomic E-state index is 3.54. The zero-order valence-electron chi connectivity index (χ0n) is 21.8. The molecule has 1 N–H and O–H groups in total. The van der Waals surface area contributed by atoms with Gasteiger partial charge in [-0.2, -0.15) is 0 Å². The normalized spacial score (nSPS) is 11.2. The van der Waals surface area contributed by atoms with E-state index in [2.05, 4.69) is 163 Å². The second kappa shape index (κ2) is 9.66. The number of nitrogens with zero attached hydrogens (tertiary/aromatic N) is 1. The number of hydrogen-bond acceptors (Lipinski definition) is 2. The van der Waals surface area contributed by atoms with Crippen LogP contribution in [0.15, 0.2) is 146 Å². The highest BCUT2D eigenvalue weighted by atomic mass is 15.1. The second-order valence-electron chi connectivity index (χ2n) is 10.0. The van der Waals surface area contributed by atoms with E-state index in [-0.39, 0.29) is 0 Å². The third-order valence-electron chi connectivity index (χ3n) is 7.59. The van der Waals surface area contributed by atoms with Gasteiger partial charge in [0.15, 0.2) is 0 Å². The molecule has 0 radical (unpaired) electrons. The van der Waals surface area contributed by atoms with Gasteiger partial charge in [0.1, 0.15) is 0 Å². The fourth-order valence-electron chi connectivity index (χ4n) is 5.54. The van der Waals surface area contributed by atoms with Gasteiger partial charge in [-0.05, 0) is 75.1 Å². The Kier molecular flexibility index (Phi) is 5.71. The Labute approximate surface area is 228 Å². The standard InChI is InChI=1S/C37H28N2/c1-39(37-35-12-6-4-10-30(35)24-31-11-5-7-13-36(31)37)34-22-17-28(18-23-34)27-14-19-32(20-15-27)38-33-21-16-26-8-2-3-9-29(26)25-33/h2-25,38H,1H3. The highest BCUT2D eigenvalue weighted by molar-refractivity contribution is 6.12. The minimum absolute atomic E-state index is 1.08. The molecular weight excluding hydrogens is 472 g/mol. The van der Waals surface area contributed by atoms with Crippen molar-refractivity contribution in [3.63, 3.8) is 0 Å². The van der Waals surface area contributed by atoms with Crippen LogP contribution in [-0.4, -0.2) is 7.05 Å². The predicted octanol–water partition coefficient (Wildman–Crippen LogP) is 10.3. The number of anilines is 4. The highest BCUT2D eigenvalue weighted by Gasteiger charge is 2.13. The minimum Gasteiger partial charge on any atom is -0.356 e. The number of nitrogens with one attached hydrogen (secondary N) is 1. The molecule has 0 spiro atoms. The molecule has 39 heavy (non-hydrogen) atoms. The molecule has 0 fully saturated rings. The maximum Gasteiger partial charge on any atom is 0.0567 e. The number of fused-ring (bicyclic) bond motifs is 3. The van der Waals surface area contributed by atoms with Crippen molar-refractivity contribution in [2.75, 3.05) is 17.3 Å². The largest absolute Gasteiger partial charge is 0.356 e.